The van der Waals surface area contributed by atoms with Gasteiger partial charge in [-0.15, -0.1) is 0 Å². The van der Waals surface area contributed by atoms with Gasteiger partial charge in [-0.25, -0.2) is 8.78 Å². The van der Waals surface area contributed by atoms with Crippen LogP contribution in [-0.2, 0) is 9.47 Å². The Morgan fingerprint density at radius 1 is 1.25 bits per heavy atom. The maximum Gasteiger partial charge on any atom is 0.150 e. The van der Waals surface area contributed by atoms with E-state index in [1.165, 1.54) is 0 Å². The highest BCUT2D eigenvalue weighted by atomic mass is 19.1. The fourth-order valence-corrected chi connectivity index (χ4v) is 2.79. The first-order chi connectivity index (χ1) is 9.63. The summed E-state index contributed by atoms with van der Waals surface area (Å²) in [6, 6.07) is 3.87. The minimum atomic E-state index is -0.711. The number of hydrogen-bond acceptors (Lipinski definition) is 4. The number of benzene rings is 1. The van der Waals surface area contributed by atoms with Crippen molar-refractivity contribution in [1.29, 1.82) is 5.26 Å². The molecule has 0 saturated carbocycles. The van der Waals surface area contributed by atoms with E-state index in [0.29, 0.717) is 32.9 Å². The average molecular weight is 280 g/mol. The molecule has 0 radical (unpaired) electrons. The lowest BCUT2D eigenvalue weighted by Gasteiger charge is -2.40. The van der Waals surface area contributed by atoms with Crippen molar-refractivity contribution in [3.05, 3.63) is 29.3 Å². The van der Waals surface area contributed by atoms with Gasteiger partial charge in [0.2, 0.25) is 0 Å². The second kappa shape index (κ2) is 5.00. The predicted molar refractivity (Wildman–Crippen MR) is 67.4 cm³/mol. The number of ether oxygens (including phenoxy) is 2. The number of halogens is 2. The number of hydrogen-bond donors (Lipinski definition) is 0. The van der Waals surface area contributed by atoms with E-state index in [9.17, 15) is 8.78 Å². The summed E-state index contributed by atoms with van der Waals surface area (Å²) in [5.74, 6) is -1.42. The Hall–Kier alpha value is -1.71. The highest BCUT2D eigenvalue weighted by Gasteiger charge is 2.41. The molecule has 0 amide bonds. The molecule has 20 heavy (non-hydrogen) atoms. The van der Waals surface area contributed by atoms with Gasteiger partial charge >= 0.3 is 0 Å². The molecule has 1 aromatic rings. The average Bonchev–Trinajstić information content (AvgIpc) is 2.86. The molecule has 1 aromatic carbocycles. The van der Waals surface area contributed by atoms with Gasteiger partial charge in [0.1, 0.15) is 11.3 Å². The van der Waals surface area contributed by atoms with Gasteiger partial charge in [-0.2, -0.15) is 5.26 Å². The minimum absolute atomic E-state index is 0.0177. The molecule has 6 heteroatoms. The highest BCUT2D eigenvalue weighted by Crippen LogP contribution is 2.33. The van der Waals surface area contributed by atoms with Crippen LogP contribution in [0.4, 0.5) is 14.5 Å². The molecule has 0 N–H and O–H groups in total. The zero-order chi connectivity index (χ0) is 14.2. The van der Waals surface area contributed by atoms with Gasteiger partial charge in [-0.05, 0) is 12.1 Å². The summed E-state index contributed by atoms with van der Waals surface area (Å²) in [5.41, 5.74) is -0.570. The third-order valence-electron chi connectivity index (χ3n) is 3.78. The number of nitrogens with zero attached hydrogens (tertiary/aromatic N) is 2. The number of rotatable bonds is 1. The minimum Gasteiger partial charge on any atom is -0.378 e. The largest absolute Gasteiger partial charge is 0.378 e. The van der Waals surface area contributed by atoms with Gasteiger partial charge in [0, 0.05) is 26.1 Å². The SMILES string of the molecule is N#Cc1cc(F)c(N2CCOC3(CCOC3)C2)c(F)c1. The van der Waals surface area contributed by atoms with Gasteiger partial charge in [0.15, 0.2) is 11.6 Å². The zero-order valence-corrected chi connectivity index (χ0v) is 10.9. The Bertz CT molecular complexity index is 542. The van der Waals surface area contributed by atoms with Gasteiger partial charge in [-0.1, -0.05) is 0 Å². The predicted octanol–water partition coefficient (Wildman–Crippen LogP) is 1.83. The van der Waals surface area contributed by atoms with E-state index in [4.69, 9.17) is 14.7 Å². The molecule has 2 heterocycles. The van der Waals surface area contributed by atoms with Crippen LogP contribution in [0.25, 0.3) is 0 Å². The van der Waals surface area contributed by atoms with Crippen LogP contribution in [-0.4, -0.2) is 38.5 Å². The third kappa shape index (κ3) is 2.23. The lowest BCUT2D eigenvalue weighted by Crippen LogP contribution is -2.53. The van der Waals surface area contributed by atoms with E-state index in [-0.39, 0.29) is 11.3 Å². The van der Waals surface area contributed by atoms with E-state index in [1.54, 1.807) is 11.0 Å². The number of anilines is 1. The van der Waals surface area contributed by atoms with Crippen molar-refractivity contribution in [1.82, 2.24) is 0 Å². The fourth-order valence-electron chi connectivity index (χ4n) is 2.79. The van der Waals surface area contributed by atoms with Crippen molar-refractivity contribution < 1.29 is 18.3 Å². The summed E-state index contributed by atoms with van der Waals surface area (Å²) in [5, 5.41) is 8.72. The van der Waals surface area contributed by atoms with Crippen molar-refractivity contribution in [3.63, 3.8) is 0 Å². The quantitative estimate of drug-likeness (QED) is 0.787. The summed E-state index contributed by atoms with van der Waals surface area (Å²) < 4.78 is 39.2. The highest BCUT2D eigenvalue weighted by molar-refractivity contribution is 5.53. The molecular formula is C14H14F2N2O2. The second-order valence-corrected chi connectivity index (χ2v) is 5.16. The summed E-state index contributed by atoms with van der Waals surface area (Å²) in [7, 11) is 0. The lowest BCUT2D eigenvalue weighted by atomic mass is 10.00. The molecule has 4 nitrogen and oxygen atoms in total. The molecule has 2 saturated heterocycles. The maximum absolute atomic E-state index is 14.1. The summed E-state index contributed by atoms with van der Waals surface area (Å²) >= 11 is 0. The molecular weight excluding hydrogens is 266 g/mol. The molecule has 0 aromatic heterocycles. The van der Waals surface area contributed by atoms with Crippen molar-refractivity contribution in [2.75, 3.05) is 37.8 Å². The van der Waals surface area contributed by atoms with Crippen molar-refractivity contribution in [2.45, 2.75) is 12.0 Å². The lowest BCUT2D eigenvalue weighted by molar-refractivity contribution is -0.0582. The van der Waals surface area contributed by atoms with E-state index in [2.05, 4.69) is 0 Å². The van der Waals surface area contributed by atoms with Crippen molar-refractivity contribution >= 4 is 5.69 Å². The van der Waals surface area contributed by atoms with Crippen molar-refractivity contribution in [3.8, 4) is 6.07 Å². The van der Waals surface area contributed by atoms with E-state index in [1.807, 2.05) is 0 Å². The molecule has 106 valence electrons. The molecule has 0 bridgehead atoms. The third-order valence-corrected chi connectivity index (χ3v) is 3.78. The van der Waals surface area contributed by atoms with E-state index in [0.717, 1.165) is 18.6 Å². The molecule has 2 fully saturated rings. The first kappa shape index (κ1) is 13.3. The Balaban J connectivity index is 1.91. The van der Waals surface area contributed by atoms with Crippen LogP contribution in [0.2, 0.25) is 0 Å². The Morgan fingerprint density at radius 2 is 2.00 bits per heavy atom. The number of morpholine rings is 1. The summed E-state index contributed by atoms with van der Waals surface area (Å²) in [6.07, 6.45) is 0.725. The molecule has 3 rings (SSSR count). The standard InChI is InChI=1S/C14H14F2N2O2/c15-11-5-10(7-17)6-12(16)13(11)18-2-4-20-14(8-18)1-3-19-9-14/h5-6H,1-4,8-9H2. The van der Waals surface area contributed by atoms with E-state index < -0.39 is 17.2 Å². The molecule has 2 aliphatic heterocycles. The van der Waals surface area contributed by atoms with Gasteiger partial charge in [-0.3, -0.25) is 0 Å². The number of nitriles is 1. The first-order valence-corrected chi connectivity index (χ1v) is 6.49. The van der Waals surface area contributed by atoms with Crippen LogP contribution < -0.4 is 4.90 Å². The smallest absolute Gasteiger partial charge is 0.150 e. The summed E-state index contributed by atoms with van der Waals surface area (Å²) in [4.78, 5) is 1.64. The van der Waals surface area contributed by atoms with Crippen LogP contribution in [0, 0.1) is 23.0 Å². The van der Waals surface area contributed by atoms with Crippen LogP contribution in [0.3, 0.4) is 0 Å². The normalized spacial score (nSPS) is 25.9. The molecule has 2 aliphatic rings. The van der Waals surface area contributed by atoms with Gasteiger partial charge in [0.05, 0.1) is 24.8 Å². The Labute approximate surface area is 115 Å². The molecule has 1 unspecified atom stereocenters. The molecule has 1 spiro atoms. The van der Waals surface area contributed by atoms with Gasteiger partial charge < -0.3 is 14.4 Å². The van der Waals surface area contributed by atoms with Crippen LogP contribution in [0.1, 0.15) is 12.0 Å². The molecule has 1 atom stereocenters. The zero-order valence-electron chi connectivity index (χ0n) is 10.9. The van der Waals surface area contributed by atoms with E-state index >= 15 is 0 Å². The molecule has 0 aliphatic carbocycles. The van der Waals surface area contributed by atoms with Crippen molar-refractivity contribution in [2.24, 2.45) is 0 Å². The monoisotopic (exact) mass is 280 g/mol. The topological polar surface area (TPSA) is 45.5 Å². The van der Waals surface area contributed by atoms with Gasteiger partial charge in [0.25, 0.3) is 0 Å². The fraction of sp³-hybridized carbons (Fsp3) is 0.500. The summed E-state index contributed by atoms with van der Waals surface area (Å²) in [6.45, 7) is 2.27. The Morgan fingerprint density at radius 3 is 2.60 bits per heavy atom. The second-order valence-electron chi connectivity index (χ2n) is 5.16. The van der Waals surface area contributed by atoms with Crippen LogP contribution >= 0.6 is 0 Å². The van der Waals surface area contributed by atoms with Crippen LogP contribution in [0.15, 0.2) is 12.1 Å². The Kier molecular flexibility index (Phi) is 3.32. The van der Waals surface area contributed by atoms with Crippen LogP contribution in [0.5, 0.6) is 0 Å². The maximum atomic E-state index is 14.1. The first-order valence-electron chi connectivity index (χ1n) is 6.49.